The molecule has 1 aromatic heterocycles. The molecule has 1 aliphatic rings. The SMILES string of the molecule is CCc1ccc(CN2CCC[C@H]2C(=O)OC(C)(C)C)s1. The first-order chi connectivity index (χ1) is 9.39. The van der Waals surface area contributed by atoms with E-state index in [2.05, 4.69) is 24.0 Å². The second kappa shape index (κ2) is 6.27. The van der Waals surface area contributed by atoms with Crippen molar-refractivity contribution in [3.63, 3.8) is 0 Å². The van der Waals surface area contributed by atoms with Gasteiger partial charge in [0, 0.05) is 16.3 Å². The van der Waals surface area contributed by atoms with Crippen LogP contribution in [0.3, 0.4) is 0 Å². The van der Waals surface area contributed by atoms with Gasteiger partial charge in [-0.1, -0.05) is 6.92 Å². The van der Waals surface area contributed by atoms with Crippen molar-refractivity contribution >= 4 is 17.3 Å². The van der Waals surface area contributed by atoms with Crippen LogP contribution < -0.4 is 0 Å². The highest BCUT2D eigenvalue weighted by atomic mass is 32.1. The van der Waals surface area contributed by atoms with E-state index >= 15 is 0 Å². The lowest BCUT2D eigenvalue weighted by molar-refractivity contribution is -0.160. The van der Waals surface area contributed by atoms with Gasteiger partial charge in [-0.05, 0) is 58.7 Å². The third kappa shape index (κ3) is 4.06. The fourth-order valence-electron chi connectivity index (χ4n) is 2.55. The molecule has 2 heterocycles. The molecule has 0 radical (unpaired) electrons. The van der Waals surface area contributed by atoms with Gasteiger partial charge in [0.1, 0.15) is 11.6 Å². The molecule has 1 aromatic rings. The van der Waals surface area contributed by atoms with Crippen LogP contribution in [-0.4, -0.2) is 29.1 Å². The zero-order valence-electron chi connectivity index (χ0n) is 12.9. The van der Waals surface area contributed by atoms with Gasteiger partial charge >= 0.3 is 5.97 Å². The quantitative estimate of drug-likeness (QED) is 0.795. The van der Waals surface area contributed by atoms with Crippen LogP contribution in [0.2, 0.25) is 0 Å². The maximum Gasteiger partial charge on any atom is 0.323 e. The predicted molar refractivity (Wildman–Crippen MR) is 83.0 cm³/mol. The fourth-order valence-corrected chi connectivity index (χ4v) is 3.53. The molecule has 1 atom stereocenters. The largest absolute Gasteiger partial charge is 0.459 e. The summed E-state index contributed by atoms with van der Waals surface area (Å²) >= 11 is 1.85. The van der Waals surface area contributed by atoms with Crippen LogP contribution in [0.5, 0.6) is 0 Å². The molecule has 1 aliphatic heterocycles. The Hall–Kier alpha value is -0.870. The molecule has 0 amide bonds. The molecule has 0 saturated carbocycles. The summed E-state index contributed by atoms with van der Waals surface area (Å²) in [6.07, 6.45) is 3.08. The number of carbonyl (C=O) groups excluding carboxylic acids is 1. The Kier molecular flexibility index (Phi) is 4.86. The van der Waals surface area contributed by atoms with Gasteiger partial charge < -0.3 is 4.74 Å². The molecule has 0 aliphatic carbocycles. The van der Waals surface area contributed by atoms with E-state index in [-0.39, 0.29) is 12.0 Å². The van der Waals surface area contributed by atoms with Crippen LogP contribution in [0.15, 0.2) is 12.1 Å². The lowest BCUT2D eigenvalue weighted by Crippen LogP contribution is -2.39. The Morgan fingerprint density at radius 2 is 2.10 bits per heavy atom. The van der Waals surface area contributed by atoms with Crippen molar-refractivity contribution in [3.8, 4) is 0 Å². The number of thiophene rings is 1. The third-order valence-electron chi connectivity index (χ3n) is 3.47. The minimum atomic E-state index is -0.399. The molecule has 0 N–H and O–H groups in total. The molecule has 0 spiro atoms. The average Bonchev–Trinajstić information content (AvgIpc) is 2.96. The van der Waals surface area contributed by atoms with Crippen LogP contribution in [-0.2, 0) is 22.5 Å². The molecule has 4 heteroatoms. The van der Waals surface area contributed by atoms with Gasteiger partial charge in [0.15, 0.2) is 0 Å². The Morgan fingerprint density at radius 1 is 1.40 bits per heavy atom. The van der Waals surface area contributed by atoms with E-state index < -0.39 is 5.60 Å². The smallest absolute Gasteiger partial charge is 0.323 e. The van der Waals surface area contributed by atoms with Gasteiger partial charge in [0.2, 0.25) is 0 Å². The van der Waals surface area contributed by atoms with Crippen LogP contribution in [0.1, 0.15) is 50.3 Å². The van der Waals surface area contributed by atoms with E-state index in [1.807, 2.05) is 32.1 Å². The van der Waals surface area contributed by atoms with Crippen molar-refractivity contribution in [2.45, 2.75) is 65.1 Å². The lowest BCUT2D eigenvalue weighted by Gasteiger charge is -2.27. The number of aryl methyl sites for hydroxylation is 1. The second-order valence-corrected chi connectivity index (χ2v) is 7.64. The summed E-state index contributed by atoms with van der Waals surface area (Å²) in [6, 6.07) is 4.31. The highest BCUT2D eigenvalue weighted by molar-refractivity contribution is 7.11. The standard InChI is InChI=1S/C16H25NO2S/c1-5-12-8-9-13(20-12)11-17-10-6-7-14(17)15(18)19-16(2,3)4/h8-9,14H,5-7,10-11H2,1-4H3/t14-/m0/s1. The molecule has 1 fully saturated rings. The Labute approximate surface area is 125 Å². The van der Waals surface area contributed by atoms with Crippen LogP contribution in [0.4, 0.5) is 0 Å². The molecular weight excluding hydrogens is 270 g/mol. The fraction of sp³-hybridized carbons (Fsp3) is 0.688. The minimum absolute atomic E-state index is 0.0673. The molecule has 20 heavy (non-hydrogen) atoms. The number of hydrogen-bond acceptors (Lipinski definition) is 4. The Morgan fingerprint density at radius 3 is 2.70 bits per heavy atom. The lowest BCUT2D eigenvalue weighted by atomic mass is 10.1. The number of hydrogen-bond donors (Lipinski definition) is 0. The number of carbonyl (C=O) groups is 1. The van der Waals surface area contributed by atoms with Crippen molar-refractivity contribution < 1.29 is 9.53 Å². The first-order valence-electron chi connectivity index (χ1n) is 7.43. The average molecular weight is 295 g/mol. The van der Waals surface area contributed by atoms with E-state index in [0.717, 1.165) is 32.4 Å². The molecular formula is C16H25NO2S. The first-order valence-corrected chi connectivity index (χ1v) is 8.25. The summed E-state index contributed by atoms with van der Waals surface area (Å²) < 4.78 is 5.54. The van der Waals surface area contributed by atoms with Crippen LogP contribution in [0.25, 0.3) is 0 Å². The minimum Gasteiger partial charge on any atom is -0.459 e. The van der Waals surface area contributed by atoms with Gasteiger partial charge in [-0.25, -0.2) is 0 Å². The maximum atomic E-state index is 12.3. The number of ether oxygens (including phenoxy) is 1. The summed E-state index contributed by atoms with van der Waals surface area (Å²) in [5.74, 6) is -0.0673. The monoisotopic (exact) mass is 295 g/mol. The van der Waals surface area contributed by atoms with E-state index in [9.17, 15) is 4.79 Å². The summed E-state index contributed by atoms with van der Waals surface area (Å²) in [7, 11) is 0. The number of rotatable bonds is 4. The van der Waals surface area contributed by atoms with Crippen LogP contribution >= 0.6 is 11.3 Å². The van der Waals surface area contributed by atoms with Crippen molar-refractivity contribution in [1.82, 2.24) is 4.90 Å². The molecule has 0 aromatic carbocycles. The van der Waals surface area contributed by atoms with Crippen molar-refractivity contribution in [2.75, 3.05) is 6.54 Å². The van der Waals surface area contributed by atoms with Crippen molar-refractivity contribution in [1.29, 1.82) is 0 Å². The van der Waals surface area contributed by atoms with Crippen molar-refractivity contribution in [3.05, 3.63) is 21.9 Å². The second-order valence-electron chi connectivity index (χ2n) is 6.38. The summed E-state index contributed by atoms with van der Waals surface area (Å²) in [6.45, 7) is 9.82. The highest BCUT2D eigenvalue weighted by Gasteiger charge is 2.34. The van der Waals surface area contributed by atoms with Gasteiger partial charge in [0.25, 0.3) is 0 Å². The van der Waals surface area contributed by atoms with Gasteiger partial charge in [-0.15, -0.1) is 11.3 Å². The third-order valence-corrected chi connectivity index (χ3v) is 4.68. The molecule has 0 unspecified atom stereocenters. The van der Waals surface area contributed by atoms with E-state index in [0.29, 0.717) is 0 Å². The van der Waals surface area contributed by atoms with Gasteiger partial charge in [-0.3, -0.25) is 9.69 Å². The van der Waals surface area contributed by atoms with Crippen molar-refractivity contribution in [2.24, 2.45) is 0 Å². The van der Waals surface area contributed by atoms with Gasteiger partial charge in [-0.2, -0.15) is 0 Å². The molecule has 1 saturated heterocycles. The summed E-state index contributed by atoms with van der Waals surface area (Å²) in [5, 5.41) is 0. The summed E-state index contributed by atoms with van der Waals surface area (Å²) in [5.41, 5.74) is -0.399. The van der Waals surface area contributed by atoms with E-state index in [4.69, 9.17) is 4.74 Å². The van der Waals surface area contributed by atoms with E-state index in [1.165, 1.54) is 9.75 Å². The Balaban J connectivity index is 1.98. The topological polar surface area (TPSA) is 29.5 Å². The van der Waals surface area contributed by atoms with Crippen LogP contribution in [0, 0.1) is 0 Å². The Bertz CT molecular complexity index is 461. The zero-order valence-corrected chi connectivity index (χ0v) is 13.8. The number of esters is 1. The zero-order chi connectivity index (χ0) is 14.8. The summed E-state index contributed by atoms with van der Waals surface area (Å²) in [4.78, 5) is 17.3. The normalized spacial score (nSPS) is 20.3. The molecule has 0 bridgehead atoms. The number of likely N-dealkylation sites (tertiary alicyclic amines) is 1. The molecule has 112 valence electrons. The van der Waals surface area contributed by atoms with E-state index in [1.54, 1.807) is 0 Å². The molecule has 2 rings (SSSR count). The molecule has 3 nitrogen and oxygen atoms in total. The van der Waals surface area contributed by atoms with Gasteiger partial charge in [0.05, 0.1) is 0 Å². The number of nitrogens with zero attached hydrogens (tertiary/aromatic N) is 1. The maximum absolute atomic E-state index is 12.3. The first kappa shape index (κ1) is 15.5. The predicted octanol–water partition coefficient (Wildman–Crippen LogP) is 3.62. The highest BCUT2D eigenvalue weighted by Crippen LogP contribution is 2.26.